The van der Waals surface area contributed by atoms with Crippen molar-refractivity contribution in [1.82, 2.24) is 17.2 Å². The van der Waals surface area contributed by atoms with Crippen molar-refractivity contribution >= 4 is 94.7 Å². The normalized spacial score (nSPS) is 15.6. The van der Waals surface area contributed by atoms with Crippen LogP contribution in [0.15, 0.2) is 150 Å². The lowest BCUT2D eigenvalue weighted by atomic mass is 9.87. The van der Waals surface area contributed by atoms with Crippen LogP contribution in [0.25, 0.3) is 11.1 Å². The van der Waals surface area contributed by atoms with Gasteiger partial charge in [0.1, 0.15) is 0 Å². The third-order valence-corrected chi connectivity index (χ3v) is 20.6. The molecule has 0 saturated heterocycles. The van der Waals surface area contributed by atoms with Crippen LogP contribution in [-0.2, 0) is 66.3 Å². The summed E-state index contributed by atoms with van der Waals surface area (Å²) < 4.78 is 123. The van der Waals surface area contributed by atoms with Gasteiger partial charge in [-0.15, -0.1) is 0 Å². The third-order valence-electron chi connectivity index (χ3n) is 12.1. The Kier molecular flexibility index (Phi) is 15.0. The molecule has 6 aromatic carbocycles. The summed E-state index contributed by atoms with van der Waals surface area (Å²) in [6.45, 7) is -6.03. The Morgan fingerprint density at radius 2 is 0.541 bits per heavy atom. The zero-order valence-corrected chi connectivity index (χ0v) is 44.1. The molecule has 0 unspecified atom stereocenters. The molecule has 2 aliphatic rings. The number of nitrogens with zero attached hydrogens (tertiary/aromatic N) is 8. The van der Waals surface area contributed by atoms with Gasteiger partial charge in [0.05, 0.1) is 19.7 Å². The highest BCUT2D eigenvalue weighted by molar-refractivity contribution is 9.10. The number of halogens is 2. The molecule has 74 heavy (non-hydrogen) atoms. The lowest BCUT2D eigenvalue weighted by Gasteiger charge is -2.34. The van der Waals surface area contributed by atoms with Gasteiger partial charge in [-0.25, -0.2) is 33.7 Å². The van der Waals surface area contributed by atoms with Gasteiger partial charge in [-0.2, -0.15) is 17.2 Å². The summed E-state index contributed by atoms with van der Waals surface area (Å²) in [6, 6.07) is 23.3. The number of rotatable bonds is 12. The van der Waals surface area contributed by atoms with E-state index in [1.54, 1.807) is 0 Å². The zero-order chi connectivity index (χ0) is 53.7. The lowest BCUT2D eigenvalue weighted by molar-refractivity contribution is -0.388. The Labute approximate surface area is 438 Å². The monoisotopic (exact) mass is 1220 g/mol. The molecule has 0 radical (unpaired) electrons. The van der Waals surface area contributed by atoms with Crippen LogP contribution in [0.1, 0.15) is 22.3 Å². The van der Waals surface area contributed by atoms with Crippen molar-refractivity contribution < 1.29 is 53.4 Å². The summed E-state index contributed by atoms with van der Waals surface area (Å²) in [5, 5.41) is 49.4. The number of nitro groups is 4. The van der Waals surface area contributed by atoms with Crippen LogP contribution in [-0.4, -0.2) is 96.8 Å². The van der Waals surface area contributed by atoms with Gasteiger partial charge in [0.15, 0.2) is 19.6 Å². The molecule has 0 amide bonds. The second kappa shape index (κ2) is 20.7. The molecule has 6 aromatic rings. The van der Waals surface area contributed by atoms with E-state index < -0.39 is 154 Å². The van der Waals surface area contributed by atoms with Crippen molar-refractivity contribution in [2.45, 2.75) is 45.8 Å². The molecule has 30 heteroatoms. The molecule has 0 bridgehead atoms. The molecule has 0 aliphatic carbocycles. The average Bonchev–Trinajstić information content (AvgIpc) is 3.35. The van der Waals surface area contributed by atoms with E-state index in [1.807, 2.05) is 0 Å². The molecule has 2 heterocycles. The highest BCUT2D eigenvalue weighted by Gasteiger charge is 2.41. The topological polar surface area (TPSA) is 322 Å². The molecule has 24 nitrogen and oxygen atoms in total. The van der Waals surface area contributed by atoms with E-state index in [4.69, 9.17) is 0 Å². The molecule has 0 spiro atoms. The highest BCUT2D eigenvalue weighted by atomic mass is 79.9. The standard InChI is InChI=1S/C44H36Br2N8O16S4/c45-33-21-29-25-47(71(63,64)39-13-5-1-9-35(39)51(55)56)17-18-48(72(65,66)40-14-6-2-10-36(40)52(57)58)26-31-23-34(46)24-32-28-50(74(69,70)42-16-8-4-12-38(42)54(61)62)20-19-49(27-30(22-33)43(29)44(31)32)73(67,68)41-15-7-3-11-37(41)53(59)60/h1-16,21-24H,17-20,25-28H2. The summed E-state index contributed by atoms with van der Waals surface area (Å²) in [6.07, 6.45) is 0. The van der Waals surface area contributed by atoms with Gasteiger partial charge >= 0.3 is 0 Å². The number of para-hydroxylation sites is 4. The fourth-order valence-electron chi connectivity index (χ4n) is 8.80. The molecule has 2 aliphatic heterocycles. The van der Waals surface area contributed by atoms with Crippen LogP contribution in [0.5, 0.6) is 0 Å². The molecule has 8 rings (SSSR count). The summed E-state index contributed by atoms with van der Waals surface area (Å²) in [5.41, 5.74) is -3.21. The average molecular weight is 1220 g/mol. The SMILES string of the molecule is O=[N+]([O-])c1ccccc1S(=O)(=O)N1CCN(S(=O)(=O)c2ccccc2[N+](=O)[O-])Cc2cc(Br)cc3c2-c2c(cc(Br)cc2CN(S(=O)(=O)c2ccccc2[N+](=O)[O-])CCN(S(=O)(=O)c2ccccc2[N+](=O)[O-])C3)C1. The number of benzene rings is 6. The molecule has 0 fully saturated rings. The van der Waals surface area contributed by atoms with Crippen LogP contribution >= 0.6 is 31.9 Å². The Hall–Kier alpha value is -6.48. The minimum Gasteiger partial charge on any atom is -0.258 e. The fraction of sp³-hybridized carbons (Fsp3) is 0.182. The molecular formula is C44H36Br2N8O16S4. The van der Waals surface area contributed by atoms with Crippen molar-refractivity contribution in [3.63, 3.8) is 0 Å². The Balaban J connectivity index is 1.48. The van der Waals surface area contributed by atoms with Gasteiger partial charge in [0.25, 0.3) is 22.7 Å². The largest absolute Gasteiger partial charge is 0.289 e. The van der Waals surface area contributed by atoms with E-state index in [0.29, 0.717) is 0 Å². The first-order valence-electron chi connectivity index (χ1n) is 21.4. The number of sulfonamides is 4. The van der Waals surface area contributed by atoms with Crippen molar-refractivity contribution in [2.75, 3.05) is 26.2 Å². The van der Waals surface area contributed by atoms with Crippen LogP contribution in [0.3, 0.4) is 0 Å². The predicted octanol–water partition coefficient (Wildman–Crippen LogP) is 7.30. The number of nitro benzene ring substituents is 4. The summed E-state index contributed by atoms with van der Waals surface area (Å²) in [5.74, 6) is 0. The number of hydrogen-bond donors (Lipinski definition) is 0. The fourth-order valence-corrected chi connectivity index (χ4v) is 16.2. The van der Waals surface area contributed by atoms with Crippen LogP contribution in [0.4, 0.5) is 22.7 Å². The lowest BCUT2D eigenvalue weighted by Crippen LogP contribution is -2.42. The third kappa shape index (κ3) is 10.2. The van der Waals surface area contributed by atoms with Crippen LogP contribution < -0.4 is 0 Å². The quantitative estimate of drug-likeness (QED) is 0.0856. The second-order valence-electron chi connectivity index (χ2n) is 16.5. The van der Waals surface area contributed by atoms with Gasteiger partial charge < -0.3 is 0 Å². The highest BCUT2D eigenvalue weighted by Crippen LogP contribution is 2.44. The van der Waals surface area contributed by atoms with E-state index in [2.05, 4.69) is 31.9 Å². The molecule has 0 saturated carbocycles. The zero-order valence-electron chi connectivity index (χ0n) is 37.7. The molecule has 0 atom stereocenters. The van der Waals surface area contributed by atoms with Crippen molar-refractivity contribution in [3.8, 4) is 11.1 Å². The second-order valence-corrected chi connectivity index (χ2v) is 25.9. The smallest absolute Gasteiger partial charge is 0.258 e. The molecule has 0 N–H and O–H groups in total. The van der Waals surface area contributed by atoms with Crippen molar-refractivity contribution in [3.05, 3.63) is 193 Å². The van der Waals surface area contributed by atoms with E-state index in [0.717, 1.165) is 65.8 Å². The van der Waals surface area contributed by atoms with Gasteiger partial charge in [-0.1, -0.05) is 80.4 Å². The van der Waals surface area contributed by atoms with Crippen LogP contribution in [0, 0.1) is 40.5 Å². The minimum absolute atomic E-state index is 0.00824. The first-order valence-corrected chi connectivity index (χ1v) is 28.8. The van der Waals surface area contributed by atoms with Gasteiger partial charge in [0.2, 0.25) is 40.1 Å². The van der Waals surface area contributed by atoms with Crippen molar-refractivity contribution in [2.24, 2.45) is 0 Å². The first-order chi connectivity index (χ1) is 34.8. The van der Waals surface area contributed by atoms with Gasteiger partial charge in [-0.05, 0) is 81.9 Å². The van der Waals surface area contributed by atoms with E-state index in [1.165, 1.54) is 72.8 Å². The summed E-state index contributed by atoms with van der Waals surface area (Å²) >= 11 is 6.92. The Morgan fingerprint density at radius 3 is 0.730 bits per heavy atom. The van der Waals surface area contributed by atoms with Crippen LogP contribution in [0.2, 0.25) is 0 Å². The summed E-state index contributed by atoms with van der Waals surface area (Å²) in [4.78, 5) is 42.4. The van der Waals surface area contributed by atoms with Gasteiger partial charge in [0, 0.05) is 85.6 Å². The predicted molar refractivity (Wildman–Crippen MR) is 270 cm³/mol. The molecule has 0 aromatic heterocycles. The number of hydrogen-bond acceptors (Lipinski definition) is 16. The van der Waals surface area contributed by atoms with E-state index in [-0.39, 0.29) is 42.3 Å². The summed E-state index contributed by atoms with van der Waals surface area (Å²) in [7, 11) is -20.2. The molecule has 386 valence electrons. The maximum Gasteiger partial charge on any atom is 0.289 e. The van der Waals surface area contributed by atoms with E-state index >= 15 is 0 Å². The van der Waals surface area contributed by atoms with Crippen molar-refractivity contribution in [1.29, 1.82) is 0 Å². The maximum absolute atomic E-state index is 15.0. The maximum atomic E-state index is 15.0. The van der Waals surface area contributed by atoms with E-state index in [9.17, 15) is 74.1 Å². The molecular weight excluding hydrogens is 1180 g/mol. The Morgan fingerprint density at radius 1 is 0.351 bits per heavy atom. The first kappa shape index (κ1) is 53.8. The van der Waals surface area contributed by atoms with Gasteiger partial charge in [-0.3, -0.25) is 40.5 Å². The minimum atomic E-state index is -5.06. The Bertz CT molecular complexity index is 3330.